The molecule has 0 radical (unpaired) electrons. The molecule has 5 heteroatoms. The van der Waals surface area contributed by atoms with Crippen LogP contribution < -0.4 is 15.4 Å². The molecule has 0 fully saturated rings. The lowest BCUT2D eigenvalue weighted by Crippen LogP contribution is -2.23. The highest BCUT2D eigenvalue weighted by molar-refractivity contribution is 5.91. The Morgan fingerprint density at radius 1 is 1.21 bits per heavy atom. The van der Waals surface area contributed by atoms with Crippen LogP contribution in [0.4, 0.5) is 5.69 Å². The van der Waals surface area contributed by atoms with Gasteiger partial charge in [-0.3, -0.25) is 4.79 Å². The number of hydrogen-bond acceptors (Lipinski definition) is 4. The van der Waals surface area contributed by atoms with Crippen LogP contribution in [0.1, 0.15) is 18.1 Å². The van der Waals surface area contributed by atoms with Gasteiger partial charge in [0.1, 0.15) is 5.75 Å². The SMILES string of the molecule is Cc1ccc(NC(=O)COc2cccc(CNCC(C)O)c2)cc1. The van der Waals surface area contributed by atoms with Crippen molar-refractivity contribution in [1.82, 2.24) is 5.32 Å². The van der Waals surface area contributed by atoms with Crippen molar-refractivity contribution >= 4 is 11.6 Å². The monoisotopic (exact) mass is 328 g/mol. The molecule has 0 aliphatic carbocycles. The van der Waals surface area contributed by atoms with Gasteiger partial charge in [-0.05, 0) is 43.7 Å². The molecule has 1 amide bonds. The van der Waals surface area contributed by atoms with E-state index in [9.17, 15) is 9.90 Å². The van der Waals surface area contributed by atoms with E-state index in [0.717, 1.165) is 16.8 Å². The molecule has 1 unspecified atom stereocenters. The predicted molar refractivity (Wildman–Crippen MR) is 95.1 cm³/mol. The van der Waals surface area contributed by atoms with Gasteiger partial charge in [0, 0.05) is 18.8 Å². The number of hydrogen-bond donors (Lipinski definition) is 3. The van der Waals surface area contributed by atoms with E-state index in [2.05, 4.69) is 10.6 Å². The van der Waals surface area contributed by atoms with E-state index in [0.29, 0.717) is 18.8 Å². The van der Waals surface area contributed by atoms with E-state index in [1.54, 1.807) is 6.92 Å². The molecule has 3 N–H and O–H groups in total. The first-order valence-corrected chi connectivity index (χ1v) is 8.00. The molecule has 0 bridgehead atoms. The zero-order chi connectivity index (χ0) is 17.4. The van der Waals surface area contributed by atoms with Gasteiger partial charge in [0.25, 0.3) is 5.91 Å². The molecule has 2 rings (SSSR count). The summed E-state index contributed by atoms with van der Waals surface area (Å²) in [6, 6.07) is 15.2. The van der Waals surface area contributed by atoms with E-state index in [4.69, 9.17) is 4.74 Å². The Balaban J connectivity index is 1.80. The van der Waals surface area contributed by atoms with Gasteiger partial charge >= 0.3 is 0 Å². The fourth-order valence-electron chi connectivity index (χ4n) is 2.15. The number of benzene rings is 2. The molecule has 2 aromatic rings. The zero-order valence-electron chi connectivity index (χ0n) is 14.1. The third-order valence-electron chi connectivity index (χ3n) is 3.37. The third-order valence-corrected chi connectivity index (χ3v) is 3.37. The predicted octanol–water partition coefficient (Wildman–Crippen LogP) is 2.48. The highest BCUT2D eigenvalue weighted by Crippen LogP contribution is 2.14. The van der Waals surface area contributed by atoms with E-state index in [1.165, 1.54) is 0 Å². The molecule has 1 atom stereocenters. The van der Waals surface area contributed by atoms with E-state index < -0.39 is 0 Å². The fraction of sp³-hybridized carbons (Fsp3) is 0.316. The molecule has 5 nitrogen and oxygen atoms in total. The average Bonchev–Trinajstić information content (AvgIpc) is 2.55. The maximum atomic E-state index is 11.9. The first-order valence-electron chi connectivity index (χ1n) is 8.00. The summed E-state index contributed by atoms with van der Waals surface area (Å²) in [6.45, 7) is 4.86. The van der Waals surface area contributed by atoms with Gasteiger partial charge in [-0.25, -0.2) is 0 Å². The van der Waals surface area contributed by atoms with Crippen LogP contribution in [0, 0.1) is 6.92 Å². The fourth-order valence-corrected chi connectivity index (χ4v) is 2.15. The largest absolute Gasteiger partial charge is 0.484 e. The Bertz CT molecular complexity index is 654. The van der Waals surface area contributed by atoms with Crippen LogP contribution in [-0.4, -0.2) is 30.3 Å². The van der Waals surface area contributed by atoms with Crippen LogP contribution in [0.15, 0.2) is 48.5 Å². The number of amides is 1. The number of aliphatic hydroxyl groups excluding tert-OH is 1. The maximum Gasteiger partial charge on any atom is 0.262 e. The quantitative estimate of drug-likeness (QED) is 0.696. The topological polar surface area (TPSA) is 70.6 Å². The molecule has 0 aliphatic heterocycles. The Morgan fingerprint density at radius 3 is 2.67 bits per heavy atom. The number of aliphatic hydroxyl groups is 1. The summed E-state index contributed by atoms with van der Waals surface area (Å²) in [5, 5.41) is 15.2. The lowest BCUT2D eigenvalue weighted by Gasteiger charge is -2.10. The highest BCUT2D eigenvalue weighted by atomic mass is 16.5. The van der Waals surface area contributed by atoms with Gasteiger partial charge in [-0.2, -0.15) is 0 Å². The van der Waals surface area contributed by atoms with Crippen molar-refractivity contribution in [2.24, 2.45) is 0 Å². The van der Waals surface area contributed by atoms with Crippen LogP contribution in [0.25, 0.3) is 0 Å². The number of nitrogens with one attached hydrogen (secondary N) is 2. The van der Waals surface area contributed by atoms with Gasteiger partial charge in [0.05, 0.1) is 6.10 Å². The standard InChI is InChI=1S/C19H24N2O3/c1-14-6-8-17(9-7-14)21-19(23)13-24-18-5-3-4-16(10-18)12-20-11-15(2)22/h3-10,15,20,22H,11-13H2,1-2H3,(H,21,23). The number of aryl methyl sites for hydroxylation is 1. The molecule has 0 aromatic heterocycles. The first kappa shape index (κ1) is 18.0. The first-order chi connectivity index (χ1) is 11.5. The lowest BCUT2D eigenvalue weighted by molar-refractivity contribution is -0.118. The zero-order valence-corrected chi connectivity index (χ0v) is 14.1. The number of carbonyl (C=O) groups is 1. The second-order valence-electron chi connectivity index (χ2n) is 5.83. The Labute approximate surface area is 142 Å². The highest BCUT2D eigenvalue weighted by Gasteiger charge is 2.04. The number of anilines is 1. The van der Waals surface area contributed by atoms with Crippen molar-refractivity contribution in [3.05, 3.63) is 59.7 Å². The van der Waals surface area contributed by atoms with E-state index >= 15 is 0 Å². The van der Waals surface area contributed by atoms with Gasteiger partial charge in [-0.1, -0.05) is 29.8 Å². The minimum atomic E-state index is -0.380. The van der Waals surface area contributed by atoms with Gasteiger partial charge in [-0.15, -0.1) is 0 Å². The van der Waals surface area contributed by atoms with Crippen LogP contribution >= 0.6 is 0 Å². The summed E-state index contributed by atoms with van der Waals surface area (Å²) in [5.74, 6) is 0.446. The number of ether oxygens (including phenoxy) is 1. The minimum absolute atomic E-state index is 0.0432. The normalized spacial score (nSPS) is 11.8. The van der Waals surface area contributed by atoms with Gasteiger partial charge in [0.2, 0.25) is 0 Å². The maximum absolute atomic E-state index is 11.9. The summed E-state index contributed by atoms with van der Waals surface area (Å²) in [5.41, 5.74) is 2.93. The van der Waals surface area contributed by atoms with Crippen molar-refractivity contribution in [1.29, 1.82) is 0 Å². The molecule has 128 valence electrons. The molecule has 0 aliphatic rings. The van der Waals surface area contributed by atoms with Crippen molar-refractivity contribution in [3.63, 3.8) is 0 Å². The summed E-state index contributed by atoms with van der Waals surface area (Å²) in [7, 11) is 0. The van der Waals surface area contributed by atoms with Crippen molar-refractivity contribution in [2.75, 3.05) is 18.5 Å². The van der Waals surface area contributed by atoms with Crippen LogP contribution in [0.2, 0.25) is 0 Å². The Kier molecular flexibility index (Phi) is 6.78. The minimum Gasteiger partial charge on any atom is -0.484 e. The summed E-state index contributed by atoms with van der Waals surface area (Å²) in [6.07, 6.45) is -0.380. The molecule has 2 aromatic carbocycles. The summed E-state index contributed by atoms with van der Waals surface area (Å²) < 4.78 is 5.54. The molecule has 0 spiro atoms. The van der Waals surface area contributed by atoms with Crippen LogP contribution in [0.3, 0.4) is 0 Å². The smallest absolute Gasteiger partial charge is 0.262 e. The van der Waals surface area contributed by atoms with Crippen LogP contribution in [-0.2, 0) is 11.3 Å². The molecule has 24 heavy (non-hydrogen) atoms. The van der Waals surface area contributed by atoms with Gasteiger partial charge in [0.15, 0.2) is 6.61 Å². The molecular weight excluding hydrogens is 304 g/mol. The lowest BCUT2D eigenvalue weighted by atomic mass is 10.2. The molecule has 0 saturated carbocycles. The van der Waals surface area contributed by atoms with Crippen molar-refractivity contribution in [3.8, 4) is 5.75 Å². The average molecular weight is 328 g/mol. The van der Waals surface area contributed by atoms with Crippen LogP contribution in [0.5, 0.6) is 5.75 Å². The molecule has 0 saturated heterocycles. The number of carbonyl (C=O) groups excluding carboxylic acids is 1. The van der Waals surface area contributed by atoms with Crippen molar-refractivity contribution in [2.45, 2.75) is 26.5 Å². The third kappa shape index (κ3) is 6.40. The Hall–Kier alpha value is -2.37. The number of rotatable bonds is 8. The van der Waals surface area contributed by atoms with E-state index in [1.807, 2.05) is 55.5 Å². The molecule has 0 heterocycles. The summed E-state index contributed by atoms with van der Waals surface area (Å²) >= 11 is 0. The summed E-state index contributed by atoms with van der Waals surface area (Å²) in [4.78, 5) is 11.9. The van der Waals surface area contributed by atoms with E-state index in [-0.39, 0.29) is 18.6 Å². The Morgan fingerprint density at radius 2 is 1.96 bits per heavy atom. The second kappa shape index (κ2) is 9.05. The van der Waals surface area contributed by atoms with Crippen molar-refractivity contribution < 1.29 is 14.6 Å². The second-order valence-corrected chi connectivity index (χ2v) is 5.83. The molecular formula is C19H24N2O3. The van der Waals surface area contributed by atoms with Gasteiger partial charge < -0.3 is 20.5 Å².